The Hall–Kier alpha value is -1.34. The molecule has 0 spiro atoms. The molecule has 7 heteroatoms. The summed E-state index contributed by atoms with van der Waals surface area (Å²) in [5.74, 6) is 0.444. The van der Waals surface area contributed by atoms with Crippen LogP contribution in [0.2, 0.25) is 0 Å². The smallest absolute Gasteiger partial charge is 0.305 e. The van der Waals surface area contributed by atoms with Crippen LogP contribution in [0, 0.1) is 13.8 Å². The third-order valence-electron chi connectivity index (χ3n) is 3.87. The van der Waals surface area contributed by atoms with Crippen molar-refractivity contribution in [2.24, 2.45) is 0 Å². The highest BCUT2D eigenvalue weighted by atomic mass is 32.2. The molecule has 1 aliphatic heterocycles. The van der Waals surface area contributed by atoms with E-state index in [1.807, 2.05) is 19.9 Å². The Bertz CT molecular complexity index is 611. The Morgan fingerprint density at radius 2 is 2.04 bits per heavy atom. The van der Waals surface area contributed by atoms with Crippen molar-refractivity contribution in [1.82, 2.24) is 4.90 Å². The maximum Gasteiger partial charge on any atom is 0.305 e. The second kappa shape index (κ2) is 7.97. The van der Waals surface area contributed by atoms with Crippen LogP contribution < -0.4 is 0 Å². The van der Waals surface area contributed by atoms with Gasteiger partial charge in [-0.15, -0.1) is 11.3 Å². The zero-order valence-electron chi connectivity index (χ0n) is 13.3. The molecule has 1 unspecified atom stereocenters. The van der Waals surface area contributed by atoms with Gasteiger partial charge in [-0.2, -0.15) is 11.8 Å². The summed E-state index contributed by atoms with van der Waals surface area (Å²) in [6.45, 7) is 4.44. The first-order valence-corrected chi connectivity index (χ1v) is 9.55. The van der Waals surface area contributed by atoms with Gasteiger partial charge in [-0.25, -0.2) is 0 Å². The molecule has 1 N–H and O–H groups in total. The summed E-state index contributed by atoms with van der Waals surface area (Å²) in [7, 11) is 0. The van der Waals surface area contributed by atoms with Crippen molar-refractivity contribution in [2.45, 2.75) is 39.2 Å². The number of aryl methyl sites for hydroxylation is 2. The van der Waals surface area contributed by atoms with E-state index in [0.29, 0.717) is 17.9 Å². The first-order valence-electron chi connectivity index (χ1n) is 7.57. The molecule has 0 radical (unpaired) electrons. The van der Waals surface area contributed by atoms with E-state index in [1.54, 1.807) is 28.0 Å². The van der Waals surface area contributed by atoms with Crippen molar-refractivity contribution in [1.29, 1.82) is 0 Å². The quantitative estimate of drug-likeness (QED) is 0.794. The molecule has 0 bridgehead atoms. The molecule has 2 heterocycles. The number of carbonyl (C=O) groups is 3. The molecule has 2 rings (SSSR count). The first-order chi connectivity index (χ1) is 10.9. The van der Waals surface area contributed by atoms with E-state index in [1.165, 1.54) is 0 Å². The van der Waals surface area contributed by atoms with Crippen molar-refractivity contribution in [3.8, 4) is 0 Å². The van der Waals surface area contributed by atoms with Crippen LogP contribution in [-0.2, 0) is 9.59 Å². The third kappa shape index (κ3) is 4.81. The molecule has 1 amide bonds. The normalized spacial score (nSPS) is 18.0. The lowest BCUT2D eigenvalue weighted by Crippen LogP contribution is -2.47. The lowest BCUT2D eigenvalue weighted by atomic mass is 10.1. The SMILES string of the molecule is Cc1cc(C(=O)CCC(=O)N2CCSCC2CC(=O)O)c(C)s1. The Morgan fingerprint density at radius 3 is 2.65 bits per heavy atom. The number of carboxylic acid groups (broad SMARTS) is 1. The number of aliphatic carboxylic acids is 1. The number of carboxylic acids is 1. The van der Waals surface area contributed by atoms with Crippen LogP contribution in [-0.4, -0.2) is 51.8 Å². The molecule has 1 aromatic heterocycles. The Balaban J connectivity index is 1.93. The van der Waals surface area contributed by atoms with Crippen LogP contribution in [0.4, 0.5) is 0 Å². The highest BCUT2D eigenvalue weighted by molar-refractivity contribution is 7.99. The molecular formula is C16H21NO4S2. The largest absolute Gasteiger partial charge is 0.481 e. The van der Waals surface area contributed by atoms with Gasteiger partial charge in [-0.1, -0.05) is 0 Å². The summed E-state index contributed by atoms with van der Waals surface area (Å²) in [5, 5.41) is 8.96. The fraction of sp³-hybridized carbons (Fsp3) is 0.562. The standard InChI is InChI=1S/C16H21NO4S2/c1-10-7-13(11(2)23-10)14(18)3-4-15(19)17-5-6-22-9-12(17)8-16(20)21/h7,12H,3-6,8-9H2,1-2H3,(H,20,21). The van der Waals surface area contributed by atoms with E-state index in [4.69, 9.17) is 5.11 Å². The van der Waals surface area contributed by atoms with Gasteiger partial charge in [-0.3, -0.25) is 14.4 Å². The number of hydrogen-bond acceptors (Lipinski definition) is 5. The minimum Gasteiger partial charge on any atom is -0.481 e. The average Bonchev–Trinajstić information content (AvgIpc) is 2.83. The van der Waals surface area contributed by atoms with Gasteiger partial charge >= 0.3 is 5.97 Å². The van der Waals surface area contributed by atoms with Crippen LogP contribution in [0.15, 0.2) is 6.07 Å². The van der Waals surface area contributed by atoms with E-state index in [2.05, 4.69) is 0 Å². The number of rotatable bonds is 6. The molecular weight excluding hydrogens is 334 g/mol. The topological polar surface area (TPSA) is 74.7 Å². The number of amides is 1. The summed E-state index contributed by atoms with van der Waals surface area (Å²) in [4.78, 5) is 39.3. The minimum atomic E-state index is -0.893. The van der Waals surface area contributed by atoms with Crippen LogP contribution in [0.1, 0.15) is 39.4 Å². The van der Waals surface area contributed by atoms with Gasteiger partial charge in [0.05, 0.1) is 12.5 Å². The average molecular weight is 355 g/mol. The first kappa shape index (κ1) is 18.0. The fourth-order valence-electron chi connectivity index (χ4n) is 2.76. The Kier molecular flexibility index (Phi) is 6.24. The molecule has 5 nitrogen and oxygen atoms in total. The molecule has 0 saturated carbocycles. The number of nitrogens with zero attached hydrogens (tertiary/aromatic N) is 1. The van der Waals surface area contributed by atoms with Crippen LogP contribution in [0.3, 0.4) is 0 Å². The fourth-order valence-corrected chi connectivity index (χ4v) is 4.77. The predicted octanol–water partition coefficient (Wildman–Crippen LogP) is 2.75. The minimum absolute atomic E-state index is 0.0126. The summed E-state index contributed by atoms with van der Waals surface area (Å²) in [5.41, 5.74) is 0.705. The number of thioether (sulfide) groups is 1. The molecule has 0 aromatic carbocycles. The van der Waals surface area contributed by atoms with Gasteiger partial charge in [0, 0.05) is 46.2 Å². The van der Waals surface area contributed by atoms with E-state index >= 15 is 0 Å². The second-order valence-electron chi connectivity index (χ2n) is 5.66. The van der Waals surface area contributed by atoms with Gasteiger partial charge in [0.2, 0.25) is 5.91 Å². The summed E-state index contributed by atoms with van der Waals surface area (Å²) in [6, 6.07) is 1.61. The predicted molar refractivity (Wildman–Crippen MR) is 92.4 cm³/mol. The van der Waals surface area contributed by atoms with Crippen molar-refractivity contribution >= 4 is 40.8 Å². The van der Waals surface area contributed by atoms with E-state index in [0.717, 1.165) is 15.5 Å². The Labute approximate surface area is 144 Å². The molecule has 23 heavy (non-hydrogen) atoms. The molecule has 126 valence electrons. The number of ketones is 1. The van der Waals surface area contributed by atoms with Crippen molar-refractivity contribution < 1.29 is 19.5 Å². The molecule has 0 aliphatic carbocycles. The zero-order chi connectivity index (χ0) is 17.0. The van der Waals surface area contributed by atoms with Crippen molar-refractivity contribution in [3.05, 3.63) is 21.4 Å². The maximum atomic E-state index is 12.4. The van der Waals surface area contributed by atoms with Crippen LogP contribution in [0.25, 0.3) is 0 Å². The molecule has 1 atom stereocenters. The highest BCUT2D eigenvalue weighted by Gasteiger charge is 2.29. The molecule has 1 saturated heterocycles. The lowest BCUT2D eigenvalue weighted by Gasteiger charge is -2.34. The van der Waals surface area contributed by atoms with Crippen LogP contribution >= 0.6 is 23.1 Å². The second-order valence-corrected chi connectivity index (χ2v) is 8.27. The third-order valence-corrected chi connectivity index (χ3v) is 5.92. The summed E-state index contributed by atoms with van der Waals surface area (Å²) in [6.07, 6.45) is 0.294. The monoisotopic (exact) mass is 355 g/mol. The maximum absolute atomic E-state index is 12.4. The molecule has 1 aromatic rings. The Morgan fingerprint density at radius 1 is 1.30 bits per heavy atom. The van der Waals surface area contributed by atoms with Gasteiger partial charge < -0.3 is 10.0 Å². The van der Waals surface area contributed by atoms with Gasteiger partial charge in [0.1, 0.15) is 0 Å². The number of Topliss-reactive ketones (excluding diaryl/α,β-unsaturated/α-hetero) is 1. The van der Waals surface area contributed by atoms with Gasteiger partial charge in [0.15, 0.2) is 5.78 Å². The number of hydrogen-bond donors (Lipinski definition) is 1. The number of thiophene rings is 1. The summed E-state index contributed by atoms with van der Waals surface area (Å²) < 4.78 is 0. The van der Waals surface area contributed by atoms with Crippen LogP contribution in [0.5, 0.6) is 0 Å². The lowest BCUT2D eigenvalue weighted by molar-refractivity contribution is -0.140. The highest BCUT2D eigenvalue weighted by Crippen LogP contribution is 2.24. The molecule has 1 fully saturated rings. The van der Waals surface area contributed by atoms with Crippen molar-refractivity contribution in [2.75, 3.05) is 18.1 Å². The van der Waals surface area contributed by atoms with E-state index in [9.17, 15) is 14.4 Å². The molecule has 1 aliphatic rings. The van der Waals surface area contributed by atoms with Gasteiger partial charge in [0.25, 0.3) is 0 Å². The number of carbonyl (C=O) groups excluding carboxylic acids is 2. The summed E-state index contributed by atoms with van der Waals surface area (Å²) >= 11 is 3.25. The van der Waals surface area contributed by atoms with Crippen molar-refractivity contribution in [3.63, 3.8) is 0 Å². The van der Waals surface area contributed by atoms with E-state index in [-0.39, 0.29) is 37.0 Å². The van der Waals surface area contributed by atoms with Gasteiger partial charge in [-0.05, 0) is 19.9 Å². The zero-order valence-corrected chi connectivity index (χ0v) is 15.0. The van der Waals surface area contributed by atoms with E-state index < -0.39 is 5.97 Å².